The zero-order chi connectivity index (χ0) is 28.3. The lowest BCUT2D eigenvalue weighted by molar-refractivity contribution is 1.18. The summed E-state index contributed by atoms with van der Waals surface area (Å²) in [5.74, 6) is 0.687. The zero-order valence-corrected chi connectivity index (χ0v) is 23.7. The van der Waals surface area contributed by atoms with E-state index in [1.165, 1.54) is 52.5 Å². The minimum absolute atomic E-state index is 0.687. The van der Waals surface area contributed by atoms with Crippen LogP contribution in [0.2, 0.25) is 0 Å². The fraction of sp³-hybridized carbons (Fsp3) is 0. The number of aromatic nitrogens is 4. The lowest BCUT2D eigenvalue weighted by Gasteiger charge is -2.13. The average Bonchev–Trinajstić information content (AvgIpc) is 3.45. The zero-order valence-electron chi connectivity index (χ0n) is 22.9. The number of hydrogen-bond acceptors (Lipinski definition) is 5. The monoisotopic (exact) mass is 566 g/mol. The maximum Gasteiger partial charge on any atom is 0.160 e. The quantitative estimate of drug-likeness (QED) is 0.200. The average molecular weight is 567 g/mol. The molecule has 0 amide bonds. The van der Waals surface area contributed by atoms with E-state index < -0.39 is 0 Å². The Morgan fingerprint density at radius 3 is 1.60 bits per heavy atom. The number of pyridine rings is 2. The number of thiophene rings is 1. The van der Waals surface area contributed by atoms with E-state index in [2.05, 4.69) is 88.8 Å². The summed E-state index contributed by atoms with van der Waals surface area (Å²) in [6.07, 6.45) is 7.18. The van der Waals surface area contributed by atoms with Gasteiger partial charge < -0.3 is 0 Å². The summed E-state index contributed by atoms with van der Waals surface area (Å²) in [5, 5.41) is 10.1. The van der Waals surface area contributed by atoms with E-state index in [1.54, 1.807) is 24.8 Å². The standard InChI is InChI=1S/C38H22N4S/c1-2-6-27-26(5-1)30-19-25(9-10-28(30)32-21-37-33(20-31(27)32)29-7-3-4-8-36(29)43-37)38-41-34(23-11-15-39-16-12-23)22-35(42-38)24-13-17-40-18-14-24/h1-22H. The van der Waals surface area contributed by atoms with Crippen LogP contribution in [-0.2, 0) is 0 Å². The van der Waals surface area contributed by atoms with Crippen molar-refractivity contribution in [3.8, 4) is 33.9 Å². The molecule has 0 atom stereocenters. The van der Waals surface area contributed by atoms with Crippen molar-refractivity contribution in [3.63, 3.8) is 0 Å². The van der Waals surface area contributed by atoms with Gasteiger partial charge in [-0.1, -0.05) is 54.6 Å². The summed E-state index contributed by atoms with van der Waals surface area (Å²) in [4.78, 5) is 18.5. The van der Waals surface area contributed by atoms with Crippen LogP contribution in [0.15, 0.2) is 134 Å². The SMILES string of the molecule is c1ccc2c(c1)sc1cc3c4ccc(-c5nc(-c6ccncc6)cc(-c6ccncc6)n5)cc4c4ccccc4c3cc12. The van der Waals surface area contributed by atoms with Gasteiger partial charge in [0.15, 0.2) is 5.82 Å². The van der Waals surface area contributed by atoms with Gasteiger partial charge in [-0.3, -0.25) is 9.97 Å². The Labute approximate surface area is 251 Å². The summed E-state index contributed by atoms with van der Waals surface area (Å²) in [6, 6.07) is 38.8. The van der Waals surface area contributed by atoms with Gasteiger partial charge in [-0.25, -0.2) is 9.97 Å². The Bertz CT molecular complexity index is 2450. The highest BCUT2D eigenvalue weighted by Gasteiger charge is 2.15. The van der Waals surface area contributed by atoms with E-state index >= 15 is 0 Å². The maximum absolute atomic E-state index is 5.06. The van der Waals surface area contributed by atoms with Gasteiger partial charge in [0, 0.05) is 61.7 Å². The van der Waals surface area contributed by atoms with E-state index in [0.717, 1.165) is 28.1 Å². The van der Waals surface area contributed by atoms with Gasteiger partial charge in [0.05, 0.1) is 11.4 Å². The molecule has 0 saturated carbocycles. The molecule has 0 radical (unpaired) electrons. The van der Waals surface area contributed by atoms with Crippen molar-refractivity contribution in [1.82, 2.24) is 19.9 Å². The minimum atomic E-state index is 0.687. The maximum atomic E-state index is 5.06. The van der Waals surface area contributed by atoms with Crippen LogP contribution < -0.4 is 0 Å². The molecule has 43 heavy (non-hydrogen) atoms. The molecule has 0 unspecified atom stereocenters. The highest BCUT2D eigenvalue weighted by Crippen LogP contribution is 2.42. The van der Waals surface area contributed by atoms with E-state index in [4.69, 9.17) is 9.97 Å². The van der Waals surface area contributed by atoms with Crippen LogP contribution in [0.1, 0.15) is 0 Å². The van der Waals surface area contributed by atoms with Crippen molar-refractivity contribution in [3.05, 3.63) is 134 Å². The van der Waals surface area contributed by atoms with Gasteiger partial charge in [-0.15, -0.1) is 11.3 Å². The molecule has 0 aliphatic rings. The van der Waals surface area contributed by atoms with Crippen molar-refractivity contribution in [2.45, 2.75) is 0 Å². The molecule has 4 heterocycles. The van der Waals surface area contributed by atoms with Crippen LogP contribution in [0, 0.1) is 0 Å². The highest BCUT2D eigenvalue weighted by molar-refractivity contribution is 7.25. The molecule has 4 nitrogen and oxygen atoms in total. The molecular weight excluding hydrogens is 545 g/mol. The number of nitrogens with zero attached hydrogens (tertiary/aromatic N) is 4. The van der Waals surface area contributed by atoms with Crippen LogP contribution in [0.4, 0.5) is 0 Å². The first kappa shape index (κ1) is 24.1. The Hall–Kier alpha value is -5.52. The van der Waals surface area contributed by atoms with Crippen molar-refractivity contribution in [2.75, 3.05) is 0 Å². The second-order valence-electron chi connectivity index (χ2n) is 10.7. The van der Waals surface area contributed by atoms with Gasteiger partial charge in [-0.2, -0.15) is 0 Å². The third-order valence-corrected chi connectivity index (χ3v) is 9.40. The number of rotatable bonds is 3. The van der Waals surface area contributed by atoms with Gasteiger partial charge in [0.25, 0.3) is 0 Å². The first-order chi connectivity index (χ1) is 21.3. The van der Waals surface area contributed by atoms with E-state index in [9.17, 15) is 0 Å². The molecule has 0 N–H and O–H groups in total. The molecule has 0 saturated heterocycles. The molecule has 4 aromatic heterocycles. The van der Waals surface area contributed by atoms with Gasteiger partial charge in [0.2, 0.25) is 0 Å². The summed E-state index contributed by atoms with van der Waals surface area (Å²) >= 11 is 1.86. The van der Waals surface area contributed by atoms with Gasteiger partial charge in [0.1, 0.15) is 0 Å². The Kier molecular flexibility index (Phi) is 5.33. The van der Waals surface area contributed by atoms with E-state index in [1.807, 2.05) is 41.7 Å². The van der Waals surface area contributed by atoms with Gasteiger partial charge in [-0.05, 0) is 86.9 Å². The molecule has 5 heteroatoms. The topological polar surface area (TPSA) is 51.6 Å². The van der Waals surface area contributed by atoms with Crippen molar-refractivity contribution < 1.29 is 0 Å². The van der Waals surface area contributed by atoms with Crippen LogP contribution in [0.5, 0.6) is 0 Å². The predicted octanol–water partition coefficient (Wildman–Crippen LogP) is 10.1. The normalized spacial score (nSPS) is 11.7. The van der Waals surface area contributed by atoms with Crippen molar-refractivity contribution in [2.24, 2.45) is 0 Å². The number of fused-ring (bicyclic) bond motifs is 9. The van der Waals surface area contributed by atoms with Crippen molar-refractivity contribution in [1.29, 1.82) is 0 Å². The second kappa shape index (κ2) is 9.51. The lowest BCUT2D eigenvalue weighted by Crippen LogP contribution is -1.96. The molecule has 5 aromatic carbocycles. The Balaban J connectivity index is 1.32. The molecule has 0 aliphatic carbocycles. The molecule has 0 fully saturated rings. The summed E-state index contributed by atoms with van der Waals surface area (Å²) in [7, 11) is 0. The third-order valence-electron chi connectivity index (χ3n) is 8.27. The predicted molar refractivity (Wildman–Crippen MR) is 179 cm³/mol. The molecular formula is C38H22N4S. The van der Waals surface area contributed by atoms with E-state index in [0.29, 0.717) is 5.82 Å². The van der Waals surface area contributed by atoms with Crippen LogP contribution in [-0.4, -0.2) is 19.9 Å². The molecule has 0 spiro atoms. The fourth-order valence-corrected chi connectivity index (χ4v) is 7.36. The summed E-state index contributed by atoms with van der Waals surface area (Å²) < 4.78 is 2.63. The van der Waals surface area contributed by atoms with Crippen LogP contribution in [0.3, 0.4) is 0 Å². The first-order valence-electron chi connectivity index (χ1n) is 14.2. The van der Waals surface area contributed by atoms with E-state index in [-0.39, 0.29) is 0 Å². The van der Waals surface area contributed by atoms with Crippen molar-refractivity contribution >= 4 is 63.8 Å². The smallest absolute Gasteiger partial charge is 0.160 e. The molecule has 9 rings (SSSR count). The fourth-order valence-electron chi connectivity index (χ4n) is 6.23. The largest absolute Gasteiger partial charge is 0.265 e. The molecule has 200 valence electrons. The summed E-state index contributed by atoms with van der Waals surface area (Å²) in [5.41, 5.74) is 4.69. The molecule has 0 aliphatic heterocycles. The molecule has 9 aromatic rings. The Morgan fingerprint density at radius 2 is 0.930 bits per heavy atom. The van der Waals surface area contributed by atoms with Crippen LogP contribution in [0.25, 0.3) is 86.4 Å². The Morgan fingerprint density at radius 1 is 0.372 bits per heavy atom. The number of hydrogen-bond donors (Lipinski definition) is 0. The first-order valence-corrected chi connectivity index (χ1v) is 15.0. The molecule has 0 bridgehead atoms. The summed E-state index contributed by atoms with van der Waals surface area (Å²) in [6.45, 7) is 0. The van der Waals surface area contributed by atoms with Crippen LogP contribution >= 0.6 is 11.3 Å². The lowest BCUT2D eigenvalue weighted by atomic mass is 9.92. The highest BCUT2D eigenvalue weighted by atomic mass is 32.1. The second-order valence-corrected chi connectivity index (χ2v) is 11.8. The number of benzene rings is 5. The third kappa shape index (κ3) is 3.90. The van der Waals surface area contributed by atoms with Gasteiger partial charge >= 0.3 is 0 Å². The minimum Gasteiger partial charge on any atom is -0.265 e.